The second-order valence-corrected chi connectivity index (χ2v) is 8.52. The Labute approximate surface area is 197 Å². The van der Waals surface area contributed by atoms with Gasteiger partial charge in [-0.3, -0.25) is 9.36 Å². The van der Waals surface area contributed by atoms with Crippen LogP contribution in [-0.4, -0.2) is 37.7 Å². The van der Waals surface area contributed by atoms with Gasteiger partial charge in [-0.1, -0.05) is 58.0 Å². The van der Waals surface area contributed by atoms with Crippen molar-refractivity contribution in [1.82, 2.24) is 20.2 Å². The second-order valence-electron chi connectivity index (χ2n) is 6.66. The predicted molar refractivity (Wildman–Crippen MR) is 129 cm³/mol. The molecule has 160 valence electrons. The SMILES string of the molecule is O=C(CSc1nnc(-c2ccccc2)n1-c1ccc(Br)cc1)N/N=C\c1ccc(O)cc1. The number of nitrogens with one attached hydrogen (secondary N) is 1. The van der Waals surface area contributed by atoms with Crippen LogP contribution in [0.3, 0.4) is 0 Å². The molecule has 32 heavy (non-hydrogen) atoms. The van der Waals surface area contributed by atoms with Crippen molar-refractivity contribution in [3.8, 4) is 22.8 Å². The number of amides is 1. The van der Waals surface area contributed by atoms with Crippen molar-refractivity contribution in [2.75, 3.05) is 5.75 Å². The van der Waals surface area contributed by atoms with Gasteiger partial charge in [0.2, 0.25) is 0 Å². The normalized spacial score (nSPS) is 11.0. The van der Waals surface area contributed by atoms with E-state index in [1.165, 1.54) is 18.0 Å². The van der Waals surface area contributed by atoms with Crippen molar-refractivity contribution in [3.63, 3.8) is 0 Å². The molecule has 0 unspecified atom stereocenters. The van der Waals surface area contributed by atoms with Gasteiger partial charge in [-0.25, -0.2) is 5.43 Å². The van der Waals surface area contributed by atoms with E-state index in [0.29, 0.717) is 11.0 Å². The van der Waals surface area contributed by atoms with Crippen LogP contribution < -0.4 is 5.43 Å². The molecule has 2 N–H and O–H groups in total. The molecule has 0 radical (unpaired) electrons. The summed E-state index contributed by atoms with van der Waals surface area (Å²) in [5, 5.41) is 22.6. The van der Waals surface area contributed by atoms with Crippen LogP contribution >= 0.6 is 27.7 Å². The van der Waals surface area contributed by atoms with Crippen LogP contribution in [0.1, 0.15) is 5.56 Å². The lowest BCUT2D eigenvalue weighted by atomic mass is 10.2. The number of carbonyl (C=O) groups excluding carboxylic acids is 1. The van der Waals surface area contributed by atoms with Gasteiger partial charge in [0.1, 0.15) is 5.75 Å². The molecule has 0 aliphatic rings. The van der Waals surface area contributed by atoms with Crippen molar-refractivity contribution in [3.05, 3.63) is 88.9 Å². The summed E-state index contributed by atoms with van der Waals surface area (Å²) in [7, 11) is 0. The third-order valence-corrected chi connectivity index (χ3v) is 5.84. The van der Waals surface area contributed by atoms with Crippen LogP contribution in [0, 0.1) is 0 Å². The lowest BCUT2D eigenvalue weighted by molar-refractivity contribution is -0.118. The van der Waals surface area contributed by atoms with Gasteiger partial charge in [-0.05, 0) is 54.1 Å². The number of halogens is 1. The fraction of sp³-hybridized carbons (Fsp3) is 0.0435. The minimum Gasteiger partial charge on any atom is -0.508 e. The van der Waals surface area contributed by atoms with Crippen LogP contribution in [0.15, 0.2) is 93.6 Å². The van der Waals surface area contributed by atoms with Gasteiger partial charge < -0.3 is 5.11 Å². The number of rotatable bonds is 7. The molecule has 9 heteroatoms. The Morgan fingerprint density at radius 1 is 1.03 bits per heavy atom. The van der Waals surface area contributed by atoms with Crippen molar-refractivity contribution >= 4 is 39.8 Å². The van der Waals surface area contributed by atoms with Crippen LogP contribution in [0.4, 0.5) is 0 Å². The van der Waals surface area contributed by atoms with Crippen molar-refractivity contribution in [2.24, 2.45) is 5.10 Å². The Balaban J connectivity index is 1.49. The molecule has 0 saturated heterocycles. The fourth-order valence-electron chi connectivity index (χ4n) is 2.86. The third kappa shape index (κ3) is 5.43. The number of carbonyl (C=O) groups is 1. The van der Waals surface area contributed by atoms with Gasteiger partial charge in [-0.2, -0.15) is 5.10 Å². The monoisotopic (exact) mass is 507 g/mol. The maximum Gasteiger partial charge on any atom is 0.250 e. The number of aromatic hydroxyl groups is 1. The molecule has 0 fully saturated rings. The van der Waals surface area contributed by atoms with Gasteiger partial charge in [0.05, 0.1) is 12.0 Å². The maximum atomic E-state index is 12.3. The summed E-state index contributed by atoms with van der Waals surface area (Å²) in [6.45, 7) is 0. The molecule has 1 aromatic heterocycles. The average Bonchev–Trinajstić information content (AvgIpc) is 3.24. The van der Waals surface area contributed by atoms with E-state index in [4.69, 9.17) is 0 Å². The highest BCUT2D eigenvalue weighted by molar-refractivity contribution is 9.10. The Morgan fingerprint density at radius 3 is 2.47 bits per heavy atom. The van der Waals surface area contributed by atoms with Crippen molar-refractivity contribution in [1.29, 1.82) is 0 Å². The van der Waals surface area contributed by atoms with E-state index < -0.39 is 0 Å². The zero-order valence-corrected chi connectivity index (χ0v) is 19.1. The number of hydrogen-bond acceptors (Lipinski definition) is 6. The van der Waals surface area contributed by atoms with Crippen LogP contribution in [-0.2, 0) is 4.79 Å². The number of nitrogens with zero attached hydrogens (tertiary/aromatic N) is 4. The van der Waals surface area contributed by atoms with Gasteiger partial charge in [0, 0.05) is 15.7 Å². The predicted octanol–water partition coefficient (Wildman–Crippen LogP) is 4.64. The standard InChI is InChI=1S/C23H18BrN5O2S/c24-18-8-10-19(11-9-18)29-22(17-4-2-1-3-5-17)27-28-23(29)32-15-21(31)26-25-14-16-6-12-20(30)13-7-16/h1-14,30H,15H2,(H,26,31)/b25-14-. The summed E-state index contributed by atoms with van der Waals surface area (Å²) in [5.41, 5.74) is 5.09. The van der Waals surface area contributed by atoms with Crippen molar-refractivity contribution in [2.45, 2.75) is 5.16 Å². The molecule has 4 aromatic rings. The fourth-order valence-corrected chi connectivity index (χ4v) is 3.87. The Bertz CT molecular complexity index is 1230. The highest BCUT2D eigenvalue weighted by Gasteiger charge is 2.17. The molecule has 7 nitrogen and oxygen atoms in total. The van der Waals surface area contributed by atoms with Gasteiger partial charge in [-0.15, -0.1) is 10.2 Å². The number of phenols is 1. The topological polar surface area (TPSA) is 92.4 Å². The van der Waals surface area contributed by atoms with E-state index in [2.05, 4.69) is 36.7 Å². The lowest BCUT2D eigenvalue weighted by Gasteiger charge is -2.10. The summed E-state index contributed by atoms with van der Waals surface area (Å²) in [6.07, 6.45) is 1.51. The summed E-state index contributed by atoms with van der Waals surface area (Å²) < 4.78 is 2.90. The molecule has 0 bridgehead atoms. The zero-order chi connectivity index (χ0) is 22.3. The number of hydrazone groups is 1. The first-order valence-corrected chi connectivity index (χ1v) is 11.4. The first kappa shape index (κ1) is 21.8. The van der Waals surface area contributed by atoms with Crippen molar-refractivity contribution < 1.29 is 9.90 Å². The zero-order valence-electron chi connectivity index (χ0n) is 16.7. The first-order chi connectivity index (χ1) is 15.6. The number of aromatic nitrogens is 3. The second kappa shape index (κ2) is 10.3. The van der Waals surface area contributed by atoms with E-state index in [9.17, 15) is 9.90 Å². The highest BCUT2D eigenvalue weighted by Crippen LogP contribution is 2.28. The molecule has 0 atom stereocenters. The highest BCUT2D eigenvalue weighted by atomic mass is 79.9. The molecule has 0 saturated carbocycles. The minimum absolute atomic E-state index is 0.121. The van der Waals surface area contributed by atoms with Crippen LogP contribution in [0.25, 0.3) is 17.1 Å². The molecule has 0 aliphatic carbocycles. The Kier molecular flexibility index (Phi) is 6.98. The summed E-state index contributed by atoms with van der Waals surface area (Å²) in [4.78, 5) is 12.3. The average molecular weight is 508 g/mol. The molecule has 1 heterocycles. The summed E-state index contributed by atoms with van der Waals surface area (Å²) in [5.74, 6) is 0.723. The molecule has 0 spiro atoms. The number of benzene rings is 3. The van der Waals surface area contributed by atoms with Crippen LogP contribution in [0.5, 0.6) is 5.75 Å². The van der Waals surface area contributed by atoms with E-state index in [1.54, 1.807) is 24.3 Å². The first-order valence-electron chi connectivity index (χ1n) is 9.60. The summed E-state index contributed by atoms with van der Waals surface area (Å²) in [6, 6.07) is 24.1. The number of thioether (sulfide) groups is 1. The summed E-state index contributed by atoms with van der Waals surface area (Å²) >= 11 is 4.74. The van der Waals surface area contributed by atoms with Crippen LogP contribution in [0.2, 0.25) is 0 Å². The lowest BCUT2D eigenvalue weighted by Crippen LogP contribution is -2.20. The quantitative estimate of drug-likeness (QED) is 0.216. The minimum atomic E-state index is -0.267. The van der Waals surface area contributed by atoms with E-state index >= 15 is 0 Å². The van der Waals surface area contributed by atoms with E-state index in [0.717, 1.165) is 21.3 Å². The molecule has 4 rings (SSSR count). The molecular weight excluding hydrogens is 490 g/mol. The van der Waals surface area contributed by atoms with E-state index in [1.807, 2.05) is 59.2 Å². The molecular formula is C23H18BrN5O2S. The third-order valence-electron chi connectivity index (χ3n) is 4.38. The molecule has 3 aromatic carbocycles. The number of hydrogen-bond donors (Lipinski definition) is 2. The van der Waals surface area contributed by atoms with Gasteiger partial charge in [0.15, 0.2) is 11.0 Å². The largest absolute Gasteiger partial charge is 0.508 e. The Morgan fingerprint density at radius 2 is 1.75 bits per heavy atom. The Hall–Kier alpha value is -3.43. The van der Waals surface area contributed by atoms with Gasteiger partial charge >= 0.3 is 0 Å². The molecule has 1 amide bonds. The smallest absolute Gasteiger partial charge is 0.250 e. The van der Waals surface area contributed by atoms with E-state index in [-0.39, 0.29) is 17.4 Å². The van der Waals surface area contributed by atoms with Gasteiger partial charge in [0.25, 0.3) is 5.91 Å². The number of phenolic OH excluding ortho intramolecular Hbond substituents is 1. The molecule has 0 aliphatic heterocycles. The maximum absolute atomic E-state index is 12.3.